The van der Waals surface area contributed by atoms with Crippen LogP contribution in [0.4, 0.5) is 0 Å². The van der Waals surface area contributed by atoms with E-state index in [4.69, 9.17) is 30.5 Å². The first-order chi connectivity index (χ1) is 23.1. The lowest BCUT2D eigenvalue weighted by atomic mass is 9.95. The maximum Gasteiger partial charge on any atom is 0.343 e. The van der Waals surface area contributed by atoms with Crippen molar-refractivity contribution in [1.82, 2.24) is 4.57 Å². The largest absolute Gasteiger partial charge is 0.490 e. The number of nitrogens with zero attached hydrogens (tertiary/aromatic N) is 2. The van der Waals surface area contributed by atoms with Gasteiger partial charge in [-0.05, 0) is 80.4 Å². The minimum atomic E-state index is -0.889. The Hall–Kier alpha value is -4.39. The van der Waals surface area contributed by atoms with Crippen molar-refractivity contribution in [1.29, 1.82) is 0 Å². The van der Waals surface area contributed by atoms with Crippen LogP contribution in [0.25, 0.3) is 6.08 Å². The Balaban J connectivity index is 1.61. The third-order valence-corrected chi connectivity index (χ3v) is 8.97. The molecule has 13 heteroatoms. The molecule has 0 saturated heterocycles. The van der Waals surface area contributed by atoms with Crippen molar-refractivity contribution in [3.05, 3.63) is 118 Å². The molecule has 4 aromatic rings. The molecule has 0 fully saturated rings. The van der Waals surface area contributed by atoms with Crippen LogP contribution in [0.3, 0.4) is 0 Å². The van der Waals surface area contributed by atoms with Crippen molar-refractivity contribution >= 4 is 56.9 Å². The predicted molar refractivity (Wildman–Crippen MR) is 185 cm³/mol. The van der Waals surface area contributed by atoms with E-state index in [-0.39, 0.29) is 24.3 Å². The average molecular weight is 756 g/mol. The van der Waals surface area contributed by atoms with Crippen molar-refractivity contribution in [2.45, 2.75) is 33.4 Å². The van der Waals surface area contributed by atoms with Crippen molar-refractivity contribution in [3.63, 3.8) is 0 Å². The van der Waals surface area contributed by atoms with Crippen molar-refractivity contribution in [2.24, 2.45) is 4.99 Å². The van der Waals surface area contributed by atoms with Crippen LogP contribution in [0.15, 0.2) is 86.2 Å². The molecule has 2 heterocycles. The lowest BCUT2D eigenvalue weighted by Crippen LogP contribution is -2.40. The third-order valence-electron chi connectivity index (χ3n) is 7.24. The molecule has 1 aliphatic heterocycles. The second kappa shape index (κ2) is 15.7. The van der Waals surface area contributed by atoms with Gasteiger partial charge in [0.15, 0.2) is 22.9 Å². The van der Waals surface area contributed by atoms with Gasteiger partial charge in [0.2, 0.25) is 0 Å². The van der Waals surface area contributed by atoms with Gasteiger partial charge in [0, 0.05) is 15.1 Å². The molecule has 1 aliphatic rings. The van der Waals surface area contributed by atoms with Gasteiger partial charge in [-0.25, -0.2) is 14.6 Å². The van der Waals surface area contributed by atoms with Gasteiger partial charge in [0.1, 0.15) is 12.4 Å². The number of fused-ring (bicyclic) bond motifs is 1. The van der Waals surface area contributed by atoms with E-state index in [9.17, 15) is 14.4 Å². The van der Waals surface area contributed by atoms with E-state index in [1.807, 2.05) is 37.3 Å². The second-order valence-corrected chi connectivity index (χ2v) is 12.8. The molecule has 0 bridgehead atoms. The van der Waals surface area contributed by atoms with Crippen molar-refractivity contribution < 1.29 is 33.3 Å². The highest BCUT2D eigenvalue weighted by atomic mass is 79.9. The molecular weight excluding hydrogens is 724 g/mol. The highest BCUT2D eigenvalue weighted by Gasteiger charge is 2.34. The lowest BCUT2D eigenvalue weighted by Gasteiger charge is -2.25. The maximum absolute atomic E-state index is 14.3. The quantitative estimate of drug-likeness (QED) is 0.168. The summed E-state index contributed by atoms with van der Waals surface area (Å²) in [5.41, 5.74) is 2.45. The van der Waals surface area contributed by atoms with Gasteiger partial charge in [-0.3, -0.25) is 9.36 Å². The first kappa shape index (κ1) is 34.9. The zero-order chi connectivity index (χ0) is 34.4. The Labute approximate surface area is 294 Å². The molecule has 3 aromatic carbocycles. The molecule has 1 aromatic heterocycles. The number of carbonyl (C=O) groups is 2. The Bertz CT molecular complexity index is 2060. The topological polar surface area (TPSA) is 115 Å². The summed E-state index contributed by atoms with van der Waals surface area (Å²) in [6.07, 6.45) is 1.75. The molecule has 48 heavy (non-hydrogen) atoms. The number of ether oxygens (including phenoxy) is 5. The zero-order valence-electron chi connectivity index (χ0n) is 26.6. The van der Waals surface area contributed by atoms with Gasteiger partial charge < -0.3 is 23.7 Å². The van der Waals surface area contributed by atoms with E-state index in [0.717, 1.165) is 10.0 Å². The molecule has 0 amide bonds. The second-order valence-electron chi connectivity index (χ2n) is 10.4. The van der Waals surface area contributed by atoms with E-state index in [2.05, 4.69) is 25.7 Å². The lowest BCUT2D eigenvalue weighted by molar-refractivity contribution is -0.143. The first-order valence-electron chi connectivity index (χ1n) is 15.0. The Morgan fingerprint density at radius 3 is 2.44 bits per heavy atom. The van der Waals surface area contributed by atoms with Crippen LogP contribution in [-0.4, -0.2) is 43.4 Å². The van der Waals surface area contributed by atoms with Crippen LogP contribution in [0.2, 0.25) is 5.02 Å². The first-order valence-corrected chi connectivity index (χ1v) is 16.9. The van der Waals surface area contributed by atoms with Gasteiger partial charge >= 0.3 is 11.9 Å². The molecule has 1 atom stereocenters. The number of allylic oxidation sites excluding steroid dienone is 1. The van der Waals surface area contributed by atoms with E-state index in [1.165, 1.54) is 23.0 Å². The fourth-order valence-corrected chi connectivity index (χ4v) is 6.57. The number of thiazole rings is 1. The molecule has 10 nitrogen and oxygen atoms in total. The highest BCUT2D eigenvalue weighted by Crippen LogP contribution is 2.36. The van der Waals surface area contributed by atoms with E-state index >= 15 is 0 Å². The van der Waals surface area contributed by atoms with Gasteiger partial charge in [-0.15, -0.1) is 0 Å². The number of hydrogen-bond acceptors (Lipinski definition) is 10. The van der Waals surface area contributed by atoms with Gasteiger partial charge in [-0.1, -0.05) is 57.1 Å². The summed E-state index contributed by atoms with van der Waals surface area (Å²) in [5, 5.41) is 0.634. The predicted octanol–water partition coefficient (Wildman–Crippen LogP) is 5.74. The average Bonchev–Trinajstić information content (AvgIpc) is 3.37. The van der Waals surface area contributed by atoms with Crippen LogP contribution in [0.5, 0.6) is 17.2 Å². The number of hydrogen-bond donors (Lipinski definition) is 0. The van der Waals surface area contributed by atoms with Gasteiger partial charge in [0.05, 0.1) is 42.2 Å². The minimum absolute atomic E-state index is 0.138. The molecular formula is C35H32BrClN2O8S. The number of benzene rings is 3. The van der Waals surface area contributed by atoms with Crippen LogP contribution in [-0.2, 0) is 25.7 Å². The summed E-state index contributed by atoms with van der Waals surface area (Å²) in [7, 11) is 1.27. The van der Waals surface area contributed by atoms with Gasteiger partial charge in [-0.2, -0.15) is 0 Å². The highest BCUT2D eigenvalue weighted by molar-refractivity contribution is 9.10. The number of methoxy groups -OCH3 is 1. The van der Waals surface area contributed by atoms with Crippen molar-refractivity contribution in [2.75, 3.05) is 26.9 Å². The Morgan fingerprint density at radius 2 is 1.73 bits per heavy atom. The molecule has 0 saturated carbocycles. The van der Waals surface area contributed by atoms with Gasteiger partial charge in [0.25, 0.3) is 5.56 Å². The summed E-state index contributed by atoms with van der Waals surface area (Å²) in [4.78, 5) is 44.5. The maximum atomic E-state index is 14.3. The molecule has 0 unspecified atom stereocenters. The van der Waals surface area contributed by atoms with Crippen molar-refractivity contribution in [3.8, 4) is 17.2 Å². The van der Waals surface area contributed by atoms with E-state index in [0.29, 0.717) is 61.6 Å². The fraction of sp³-hybridized carbons (Fsp3) is 0.257. The summed E-state index contributed by atoms with van der Waals surface area (Å²) in [5.74, 6) is 0.0589. The van der Waals surface area contributed by atoms with Crippen LogP contribution >= 0.6 is 38.9 Å². The van der Waals surface area contributed by atoms with E-state index in [1.54, 1.807) is 50.3 Å². The van der Waals surface area contributed by atoms with Crippen LogP contribution in [0, 0.1) is 0 Å². The fourth-order valence-electron chi connectivity index (χ4n) is 5.03. The normalized spacial score (nSPS) is 14.2. The molecule has 0 spiro atoms. The van der Waals surface area contributed by atoms with Crippen LogP contribution < -0.4 is 29.1 Å². The smallest absolute Gasteiger partial charge is 0.343 e. The number of rotatable bonds is 12. The third kappa shape index (κ3) is 7.83. The molecule has 5 rings (SSSR count). The summed E-state index contributed by atoms with van der Waals surface area (Å²) in [6, 6.07) is 17.1. The number of esters is 2. The Kier molecular flexibility index (Phi) is 11.4. The zero-order valence-corrected chi connectivity index (χ0v) is 29.7. The molecule has 0 N–H and O–H groups in total. The summed E-state index contributed by atoms with van der Waals surface area (Å²) in [6.45, 7) is 5.65. The summed E-state index contributed by atoms with van der Waals surface area (Å²) < 4.78 is 30.4. The van der Waals surface area contributed by atoms with E-state index < -0.39 is 18.0 Å². The number of carbonyl (C=O) groups excluding carboxylic acids is 2. The number of halogens is 2. The van der Waals surface area contributed by atoms with Crippen LogP contribution in [0.1, 0.15) is 43.5 Å². The minimum Gasteiger partial charge on any atom is -0.490 e. The monoisotopic (exact) mass is 754 g/mol. The standard InChI is InChI=1S/C35H32BrClN2O8S/c1-5-44-28-16-22(9-13-27(28)47-19-30(40)43-4)32-31(34(42)45-6-2)20(3)38-35-39(32)33(41)29(48-35)17-23-15-24(36)10-14-26(23)46-18-21-7-11-25(37)12-8-21/h7-17,32H,5-6,18-19H2,1-4H3/b29-17-/t32-/m0/s1. The molecule has 250 valence electrons. The Morgan fingerprint density at radius 1 is 0.979 bits per heavy atom. The molecule has 0 radical (unpaired) electrons. The summed E-state index contributed by atoms with van der Waals surface area (Å²) >= 11 is 10.8. The molecule has 0 aliphatic carbocycles. The SMILES string of the molecule is CCOC(=O)C1=C(C)N=c2s/c(=C\c3cc(Br)ccc3OCc3ccc(Cl)cc3)c(=O)n2[C@H]1c1ccc(OCC(=O)OC)c(OCC)c1. The number of aromatic nitrogens is 1.